The molecule has 0 aliphatic carbocycles. The number of halogens is 2. The molecular formula is C64H81Cl2N6O7S4Tc+. The number of hydrogen-bond donors (Lipinski definition) is 3. The van der Waals surface area contributed by atoms with E-state index in [0.717, 1.165) is 164 Å². The summed E-state index contributed by atoms with van der Waals surface area (Å²) in [6, 6.07) is 25.8. The van der Waals surface area contributed by atoms with Crippen LogP contribution in [-0.2, 0) is 79.6 Å². The molecule has 84 heavy (non-hydrogen) atoms. The van der Waals surface area contributed by atoms with E-state index in [0.29, 0.717) is 96.8 Å². The molecule has 0 aliphatic rings. The van der Waals surface area contributed by atoms with E-state index in [1.165, 1.54) is 0 Å². The second kappa shape index (κ2) is 39.7. The van der Waals surface area contributed by atoms with E-state index >= 15 is 0 Å². The zero-order valence-electron chi connectivity index (χ0n) is 48.9. The van der Waals surface area contributed by atoms with Crippen LogP contribution in [0.3, 0.4) is 0 Å². The van der Waals surface area contributed by atoms with Crippen molar-refractivity contribution in [3.05, 3.63) is 145 Å². The molecule has 2 amide bonds. The number of Topliss-reactive ketones (excluding diaryl/α,β-unsaturated/α-hetero) is 2. The molecule has 6 rings (SSSR count). The number of aryl methyl sites for hydroxylation is 2. The van der Waals surface area contributed by atoms with Crippen LogP contribution in [0.15, 0.2) is 84.9 Å². The first-order valence-corrected chi connectivity index (χ1v) is 32.7. The van der Waals surface area contributed by atoms with E-state index < -0.39 is 0 Å². The van der Waals surface area contributed by atoms with Crippen molar-refractivity contribution in [3.8, 4) is 0 Å². The summed E-state index contributed by atoms with van der Waals surface area (Å²) in [5.41, 5.74) is 8.39. The van der Waals surface area contributed by atoms with Gasteiger partial charge in [-0.05, 0) is 157 Å². The van der Waals surface area contributed by atoms with Crippen LogP contribution in [-0.4, -0.2) is 129 Å². The summed E-state index contributed by atoms with van der Waals surface area (Å²) in [6.07, 6.45) is 11.5. The minimum absolute atomic E-state index is 0.0298. The Hall–Kier alpha value is -4.07. The molecule has 0 saturated carbocycles. The Labute approximate surface area is 540 Å². The second-order valence-corrected chi connectivity index (χ2v) is 23.5. The van der Waals surface area contributed by atoms with Crippen LogP contribution in [0.4, 0.5) is 0 Å². The van der Waals surface area contributed by atoms with Gasteiger partial charge in [-0.3, -0.25) is 42.9 Å². The van der Waals surface area contributed by atoms with Crippen molar-refractivity contribution in [2.45, 2.75) is 118 Å². The molecule has 0 atom stereocenters. The molecule has 1 N–H and O–H groups in total. The van der Waals surface area contributed by atoms with Crippen molar-refractivity contribution in [2.75, 3.05) is 75.4 Å². The molecule has 0 bridgehead atoms. The van der Waals surface area contributed by atoms with Crippen LogP contribution >= 0.6 is 48.5 Å². The predicted octanol–water partition coefficient (Wildman–Crippen LogP) is 12.6. The summed E-state index contributed by atoms with van der Waals surface area (Å²) >= 11 is 31.3. The number of nitrogens with zero attached hydrogens (tertiary/aromatic N) is 5. The topological polar surface area (TPSA) is 162 Å². The first-order valence-electron chi connectivity index (χ1n) is 28.8. The van der Waals surface area contributed by atoms with Crippen molar-refractivity contribution in [1.29, 1.82) is 0 Å². The normalized spacial score (nSPS) is 11.2. The zero-order chi connectivity index (χ0) is 61.6. The number of nitrogens with one attached hydrogen (secondary N) is 1. The Bertz CT molecular complexity index is 2880. The molecule has 2 heterocycles. The third kappa shape index (κ3) is 23.6. The van der Waals surface area contributed by atoms with E-state index in [-0.39, 0.29) is 35.2 Å². The summed E-state index contributed by atoms with van der Waals surface area (Å²) in [7, 11) is 0. The summed E-state index contributed by atoms with van der Waals surface area (Å²) in [5.74, 6) is 2.42. The van der Waals surface area contributed by atoms with Gasteiger partial charge in [-0.15, -0.1) is 0 Å². The number of ketones is 2. The van der Waals surface area contributed by atoms with E-state index in [2.05, 4.69) is 57.8 Å². The van der Waals surface area contributed by atoms with Crippen LogP contribution < -0.4 is 5.32 Å². The number of carbonyl (C=O) groups is 6. The maximum atomic E-state index is 13.5. The molecule has 0 aliphatic heterocycles. The molecule has 0 spiro atoms. The number of amides is 2. The van der Waals surface area contributed by atoms with Crippen molar-refractivity contribution in [1.82, 2.24) is 24.3 Å². The molecule has 2 aromatic heterocycles. The molecule has 0 radical (unpaired) electrons. The molecule has 20 heteroatoms. The van der Waals surface area contributed by atoms with E-state index in [4.69, 9.17) is 52.0 Å². The molecule has 453 valence electrons. The predicted molar refractivity (Wildman–Crippen MR) is 350 cm³/mol. The Morgan fingerprint density at radius 3 is 1.39 bits per heavy atom. The van der Waals surface area contributed by atoms with Gasteiger partial charge in [0, 0.05) is 100 Å². The quantitative estimate of drug-likeness (QED) is 0.0200. The van der Waals surface area contributed by atoms with E-state index in [9.17, 15) is 28.8 Å². The number of hydrogen-bond acceptors (Lipinski definition) is 13. The van der Waals surface area contributed by atoms with Crippen LogP contribution in [0.1, 0.15) is 131 Å². The van der Waals surface area contributed by atoms with Gasteiger partial charge in [-0.2, -0.15) is 43.3 Å². The fourth-order valence-electron chi connectivity index (χ4n) is 10.2. The molecule has 0 saturated heterocycles. The number of carbonyl (C=O) groups excluding carboxylic acids is 6. The number of fused-ring (bicyclic) bond motifs is 2. The van der Waals surface area contributed by atoms with Gasteiger partial charge in [0.25, 0.3) is 11.8 Å². The standard InChI is InChI=1S/2C32H42ClN3O3S2.O.Tc/c2*1-23-9-14-30-29(20-23)28(24(2)36(30)32(39)25-10-12-26(33)13-11-25)21-27(37)8-6-4-3-5-7-16-35(17-19-41)22-31(38)34-15-18-40;;/h9-14,20H,3-8,15-19,21-22H2,1-2H3,(H3,34,38,40,41);9-14,20,40-41H,3-8,15-19,21-22H2,1-2H3,(H,34,38);;/q;;;+4/p-3. The third-order valence-electron chi connectivity index (χ3n) is 14.5. The third-order valence-corrected chi connectivity index (χ3v) is 15.8. The van der Waals surface area contributed by atoms with Crippen molar-refractivity contribution < 1.29 is 51.1 Å². The Morgan fingerprint density at radius 1 is 0.548 bits per heavy atom. The summed E-state index contributed by atoms with van der Waals surface area (Å²) < 4.78 is 11.7. The molecule has 0 fully saturated rings. The number of rotatable bonds is 34. The van der Waals surface area contributed by atoms with Gasteiger partial charge in [0.15, 0.2) is 0 Å². The van der Waals surface area contributed by atoms with E-state index in [1.54, 1.807) is 57.7 Å². The second-order valence-electron chi connectivity index (χ2n) is 21.0. The first kappa shape index (κ1) is 72.4. The van der Waals surface area contributed by atoms with Crippen LogP contribution in [0, 0.1) is 27.7 Å². The molecule has 0 unspecified atom stereocenters. The average Bonchev–Trinajstić information content (AvgIpc) is 3.88. The van der Waals surface area contributed by atoms with Gasteiger partial charge in [-0.25, -0.2) is 0 Å². The van der Waals surface area contributed by atoms with Gasteiger partial charge >= 0.3 is 22.4 Å². The number of unbranched alkanes of at least 4 members (excludes halogenated alkanes) is 8. The zero-order valence-corrected chi connectivity index (χ0v) is 55.7. The molecule has 6 aromatic rings. The van der Waals surface area contributed by atoms with Gasteiger partial charge < -0.3 is 40.7 Å². The Kier molecular flexibility index (Phi) is 34.2. The van der Waals surface area contributed by atoms with Crippen molar-refractivity contribution in [3.63, 3.8) is 0 Å². The van der Waals surface area contributed by atoms with Gasteiger partial charge in [0.2, 0.25) is 5.91 Å². The fourth-order valence-corrected chi connectivity index (χ4v) is 11.2. The van der Waals surface area contributed by atoms with Gasteiger partial charge in [-0.1, -0.05) is 85.0 Å². The van der Waals surface area contributed by atoms with E-state index in [1.807, 2.05) is 52.0 Å². The molecule has 13 nitrogen and oxygen atoms in total. The molecule has 4 aromatic carbocycles. The van der Waals surface area contributed by atoms with Gasteiger partial charge in [0.05, 0.1) is 23.5 Å². The number of benzene rings is 4. The summed E-state index contributed by atoms with van der Waals surface area (Å²) in [6.45, 7) is 12.7. The first-order chi connectivity index (χ1) is 40.5. The van der Waals surface area contributed by atoms with Gasteiger partial charge in [0.1, 0.15) is 11.6 Å². The van der Waals surface area contributed by atoms with Crippen molar-refractivity contribution in [2.24, 2.45) is 0 Å². The fraction of sp³-hybridized carbons (Fsp3) is 0.469. The SMILES string of the molecule is Cc1ccc2c(c1)c(CC(=O)CCCCCCCN(CCS)CC(=O)NCCS)c(C)n2C(=O)c1ccc(Cl)cc1.Cc1ccc2c(c1)c(CC(=O)CCCCCCCN(CC[S-])CC(=O)[N-]CC[S-])c(C)n2C(=O)c1ccc(Cl)cc1.[O]=[Tc+4]. The van der Waals surface area contributed by atoms with Crippen molar-refractivity contribution >= 4 is 131 Å². The average molecular weight is 1340 g/mol. The Balaban J connectivity index is 0.000000350. The van der Waals surface area contributed by atoms with Crippen LogP contribution in [0.5, 0.6) is 0 Å². The minimum atomic E-state index is -0.131. The number of aromatic nitrogens is 2. The Morgan fingerprint density at radius 2 is 0.976 bits per heavy atom. The van der Waals surface area contributed by atoms with Crippen LogP contribution in [0.25, 0.3) is 27.1 Å². The monoisotopic (exact) mass is 1340 g/mol. The molecular weight excluding hydrogens is 1260 g/mol. The number of thiol groups is 2. The summed E-state index contributed by atoms with van der Waals surface area (Å²) in [5, 5.41) is 9.90. The summed E-state index contributed by atoms with van der Waals surface area (Å²) in [4.78, 5) is 81.1. The maximum absolute atomic E-state index is 13.5. The van der Waals surface area contributed by atoms with Crippen LogP contribution in [0.2, 0.25) is 10.0 Å².